The van der Waals surface area contributed by atoms with Gasteiger partial charge in [-0.3, -0.25) is 0 Å². The van der Waals surface area contributed by atoms with E-state index in [1.807, 2.05) is 19.9 Å². The molecule has 3 rings (SSSR count). The minimum absolute atomic E-state index is 0.182. The minimum atomic E-state index is -0.711. The van der Waals surface area contributed by atoms with E-state index in [0.29, 0.717) is 38.4 Å². The average molecular weight is 493 g/mol. The quantitative estimate of drug-likeness (QED) is 0.481. The van der Waals surface area contributed by atoms with Crippen molar-refractivity contribution in [2.45, 2.75) is 33.4 Å². The van der Waals surface area contributed by atoms with Crippen LogP contribution in [-0.2, 0) is 16.1 Å². The first-order chi connectivity index (χ1) is 15.7. The van der Waals surface area contributed by atoms with E-state index in [1.165, 1.54) is 7.11 Å². The van der Waals surface area contributed by atoms with Gasteiger partial charge in [0, 0.05) is 5.70 Å². The Balaban J connectivity index is 1.90. The number of halogens is 2. The normalized spacial score (nSPS) is 15.7. The number of rotatable bonds is 8. The number of ether oxygens (including phenoxy) is 3. The van der Waals surface area contributed by atoms with E-state index >= 15 is 0 Å². The Labute approximate surface area is 203 Å². The molecule has 2 aromatic carbocycles. The number of esters is 1. The van der Waals surface area contributed by atoms with Crippen molar-refractivity contribution in [2.24, 2.45) is 5.92 Å². The number of hydrogen-bond donors (Lipinski definition) is 2. The first-order valence-electron chi connectivity index (χ1n) is 10.4. The maximum atomic E-state index is 12.8. The third-order valence-corrected chi connectivity index (χ3v) is 5.68. The number of amides is 2. The van der Waals surface area contributed by atoms with Crippen LogP contribution in [0.1, 0.15) is 37.9 Å². The molecule has 0 fully saturated rings. The van der Waals surface area contributed by atoms with E-state index in [2.05, 4.69) is 10.6 Å². The van der Waals surface area contributed by atoms with Gasteiger partial charge in [-0.05, 0) is 48.2 Å². The van der Waals surface area contributed by atoms with Crippen molar-refractivity contribution in [1.82, 2.24) is 10.6 Å². The van der Waals surface area contributed by atoms with E-state index in [9.17, 15) is 9.59 Å². The highest BCUT2D eigenvalue weighted by Gasteiger charge is 2.33. The molecule has 1 heterocycles. The van der Waals surface area contributed by atoms with Crippen LogP contribution in [0, 0.1) is 5.92 Å². The van der Waals surface area contributed by atoms with E-state index in [-0.39, 0.29) is 19.1 Å². The molecule has 7 nitrogen and oxygen atoms in total. The van der Waals surface area contributed by atoms with Crippen LogP contribution in [0.2, 0.25) is 10.0 Å². The first-order valence-corrected chi connectivity index (χ1v) is 11.1. The van der Waals surface area contributed by atoms with Gasteiger partial charge in [-0.25, -0.2) is 9.59 Å². The minimum Gasteiger partial charge on any atom is -0.493 e. The summed E-state index contributed by atoms with van der Waals surface area (Å²) in [6.45, 7) is 6.06. The van der Waals surface area contributed by atoms with E-state index in [0.717, 1.165) is 5.56 Å². The van der Waals surface area contributed by atoms with Crippen molar-refractivity contribution in [1.29, 1.82) is 0 Å². The lowest BCUT2D eigenvalue weighted by atomic mass is 9.95. The smallest absolute Gasteiger partial charge is 0.338 e. The van der Waals surface area contributed by atoms with E-state index in [1.54, 1.807) is 37.3 Å². The second kappa shape index (κ2) is 10.8. The van der Waals surface area contributed by atoms with Crippen molar-refractivity contribution in [3.8, 4) is 11.5 Å². The molecular weight excluding hydrogens is 467 g/mol. The molecule has 2 amide bonds. The van der Waals surface area contributed by atoms with Gasteiger partial charge in [-0.15, -0.1) is 0 Å². The number of allylic oxidation sites excluding steroid dienone is 1. The van der Waals surface area contributed by atoms with Gasteiger partial charge < -0.3 is 24.8 Å². The van der Waals surface area contributed by atoms with E-state index < -0.39 is 18.0 Å². The average Bonchev–Trinajstić information content (AvgIpc) is 2.77. The molecule has 9 heteroatoms. The summed E-state index contributed by atoms with van der Waals surface area (Å²) in [6, 6.07) is 9.33. The molecule has 1 aliphatic heterocycles. The first kappa shape index (κ1) is 24.7. The van der Waals surface area contributed by atoms with Gasteiger partial charge >= 0.3 is 12.0 Å². The Kier molecular flexibility index (Phi) is 8.10. The maximum Gasteiger partial charge on any atom is 0.338 e. The summed E-state index contributed by atoms with van der Waals surface area (Å²) in [4.78, 5) is 25.0. The maximum absolute atomic E-state index is 12.8. The summed E-state index contributed by atoms with van der Waals surface area (Å²) < 4.78 is 16.8. The molecule has 0 bridgehead atoms. The topological polar surface area (TPSA) is 85.9 Å². The molecule has 0 saturated carbocycles. The zero-order valence-electron chi connectivity index (χ0n) is 18.8. The Bertz CT molecular complexity index is 1080. The SMILES string of the molecule is COc1ccc(C2NC(=O)NC(C)=C2C(=O)OCC(C)C)cc1OCc1ccc(Cl)c(Cl)c1. The van der Waals surface area contributed by atoms with E-state index in [4.69, 9.17) is 37.4 Å². The monoisotopic (exact) mass is 492 g/mol. The van der Waals surface area contributed by atoms with Crippen molar-refractivity contribution in [3.05, 3.63) is 68.8 Å². The molecule has 1 atom stereocenters. The molecule has 1 unspecified atom stereocenters. The predicted octanol–water partition coefficient (Wildman–Crippen LogP) is 5.41. The fourth-order valence-electron chi connectivity index (χ4n) is 3.31. The number of nitrogens with one attached hydrogen (secondary N) is 2. The number of carbonyl (C=O) groups excluding carboxylic acids is 2. The summed E-state index contributed by atoms with van der Waals surface area (Å²) >= 11 is 12.1. The van der Waals surface area contributed by atoms with Crippen LogP contribution in [0.3, 0.4) is 0 Å². The van der Waals surface area contributed by atoms with Crippen LogP contribution < -0.4 is 20.1 Å². The lowest BCUT2D eigenvalue weighted by Crippen LogP contribution is -2.45. The van der Waals surface area contributed by atoms with Crippen molar-refractivity contribution in [2.75, 3.05) is 13.7 Å². The van der Waals surface area contributed by atoms with Crippen LogP contribution in [0.15, 0.2) is 47.7 Å². The zero-order valence-corrected chi connectivity index (χ0v) is 20.3. The molecule has 0 aliphatic carbocycles. The summed E-state index contributed by atoms with van der Waals surface area (Å²) in [5, 5.41) is 6.33. The lowest BCUT2D eigenvalue weighted by molar-refractivity contribution is -0.140. The largest absolute Gasteiger partial charge is 0.493 e. The van der Waals surface area contributed by atoms with Crippen LogP contribution >= 0.6 is 23.2 Å². The second-order valence-electron chi connectivity index (χ2n) is 8.01. The summed E-state index contributed by atoms with van der Waals surface area (Å²) in [7, 11) is 1.53. The Hall–Kier alpha value is -2.90. The van der Waals surface area contributed by atoms with Crippen LogP contribution in [0.25, 0.3) is 0 Å². The fraction of sp³-hybridized carbons (Fsp3) is 0.333. The van der Waals surface area contributed by atoms with Crippen molar-refractivity contribution < 1.29 is 23.8 Å². The molecule has 2 N–H and O–H groups in total. The highest BCUT2D eigenvalue weighted by Crippen LogP contribution is 2.35. The molecule has 176 valence electrons. The third kappa shape index (κ3) is 6.12. The molecule has 0 radical (unpaired) electrons. The summed E-state index contributed by atoms with van der Waals surface area (Å²) in [6.07, 6.45) is 0. The van der Waals surface area contributed by atoms with Gasteiger partial charge in [0.2, 0.25) is 0 Å². The molecule has 33 heavy (non-hydrogen) atoms. The van der Waals surface area contributed by atoms with Crippen LogP contribution in [-0.4, -0.2) is 25.7 Å². The van der Waals surface area contributed by atoms with Crippen molar-refractivity contribution >= 4 is 35.2 Å². The number of hydrogen-bond acceptors (Lipinski definition) is 5. The Morgan fingerprint density at radius 1 is 1.09 bits per heavy atom. The molecule has 1 aliphatic rings. The van der Waals surface area contributed by atoms with Gasteiger partial charge in [0.15, 0.2) is 11.5 Å². The zero-order chi connectivity index (χ0) is 24.1. The number of urea groups is 1. The number of methoxy groups -OCH3 is 1. The fourth-order valence-corrected chi connectivity index (χ4v) is 3.63. The van der Waals surface area contributed by atoms with Gasteiger partial charge in [-0.1, -0.05) is 49.2 Å². The van der Waals surface area contributed by atoms with Crippen LogP contribution in [0.4, 0.5) is 4.79 Å². The van der Waals surface area contributed by atoms with Crippen LogP contribution in [0.5, 0.6) is 11.5 Å². The molecular formula is C24H26Cl2N2O5. The third-order valence-electron chi connectivity index (χ3n) is 4.94. The highest BCUT2D eigenvalue weighted by atomic mass is 35.5. The molecule has 0 spiro atoms. The lowest BCUT2D eigenvalue weighted by Gasteiger charge is -2.28. The molecule has 0 aromatic heterocycles. The second-order valence-corrected chi connectivity index (χ2v) is 8.82. The Morgan fingerprint density at radius 2 is 1.85 bits per heavy atom. The van der Waals surface area contributed by atoms with Gasteiger partial charge in [0.05, 0.1) is 35.4 Å². The number of carbonyl (C=O) groups is 2. The standard InChI is InChI=1S/C24H26Cl2N2O5/c1-13(2)11-33-23(29)21-14(3)27-24(30)28-22(21)16-6-8-19(31-4)20(10-16)32-12-15-5-7-17(25)18(26)9-15/h5-10,13,22H,11-12H2,1-4H3,(H2,27,28,30). The molecule has 2 aromatic rings. The van der Waals surface area contributed by atoms with Gasteiger partial charge in [0.1, 0.15) is 6.61 Å². The predicted molar refractivity (Wildman–Crippen MR) is 127 cm³/mol. The van der Waals surface area contributed by atoms with Gasteiger partial charge in [0.25, 0.3) is 0 Å². The Morgan fingerprint density at radius 3 is 2.52 bits per heavy atom. The molecule has 0 saturated heterocycles. The highest BCUT2D eigenvalue weighted by molar-refractivity contribution is 6.42. The number of benzene rings is 2. The summed E-state index contributed by atoms with van der Waals surface area (Å²) in [5.74, 6) is 0.639. The van der Waals surface area contributed by atoms with Gasteiger partial charge in [-0.2, -0.15) is 0 Å². The summed E-state index contributed by atoms with van der Waals surface area (Å²) in [5.41, 5.74) is 2.23. The van der Waals surface area contributed by atoms with Crippen molar-refractivity contribution in [3.63, 3.8) is 0 Å².